The first-order valence-electron chi connectivity index (χ1n) is 6.59. The monoisotopic (exact) mass is 252 g/mol. The summed E-state index contributed by atoms with van der Waals surface area (Å²) in [7, 11) is 0. The van der Waals surface area contributed by atoms with Gasteiger partial charge in [-0.05, 0) is 25.7 Å². The summed E-state index contributed by atoms with van der Waals surface area (Å²) >= 11 is 0. The van der Waals surface area contributed by atoms with E-state index in [9.17, 15) is 9.59 Å². The molecule has 1 fully saturated rings. The van der Waals surface area contributed by atoms with Gasteiger partial charge in [-0.15, -0.1) is 0 Å². The molecule has 0 saturated carbocycles. The summed E-state index contributed by atoms with van der Waals surface area (Å²) in [6.07, 6.45) is 5.86. The van der Waals surface area contributed by atoms with Crippen LogP contribution in [-0.2, 0) is 9.59 Å². The van der Waals surface area contributed by atoms with Crippen LogP contribution >= 0.6 is 0 Å². The van der Waals surface area contributed by atoms with Crippen molar-refractivity contribution in [2.75, 3.05) is 32.7 Å². The average Bonchev–Trinajstić information content (AvgIpc) is 2.40. The van der Waals surface area contributed by atoms with Gasteiger partial charge in [-0.2, -0.15) is 0 Å². The standard InChI is InChI=1S/C13H20N2O3/c16-12(15-7-2-1-3-8-15)10-14-6-4-5-11(9-14)13(17)18/h5H,1-4,6-10H2,(H,17,18). The molecule has 0 aromatic heterocycles. The van der Waals surface area contributed by atoms with Crippen molar-refractivity contribution in [1.29, 1.82) is 0 Å². The van der Waals surface area contributed by atoms with Crippen LogP contribution in [0, 0.1) is 0 Å². The molecule has 5 nitrogen and oxygen atoms in total. The van der Waals surface area contributed by atoms with Gasteiger partial charge in [0.2, 0.25) is 5.91 Å². The van der Waals surface area contributed by atoms with E-state index in [1.165, 1.54) is 6.42 Å². The molecule has 0 spiro atoms. The Balaban J connectivity index is 1.84. The van der Waals surface area contributed by atoms with E-state index in [1.807, 2.05) is 9.80 Å². The molecule has 0 aromatic rings. The van der Waals surface area contributed by atoms with E-state index >= 15 is 0 Å². The van der Waals surface area contributed by atoms with E-state index in [4.69, 9.17) is 5.11 Å². The number of hydrogen-bond acceptors (Lipinski definition) is 3. The Labute approximate surface area is 107 Å². The summed E-state index contributed by atoms with van der Waals surface area (Å²) in [6, 6.07) is 0. The number of carboxylic acid groups (broad SMARTS) is 1. The summed E-state index contributed by atoms with van der Waals surface area (Å²) in [5.74, 6) is -0.730. The Kier molecular flexibility index (Phi) is 4.36. The Morgan fingerprint density at radius 1 is 1.17 bits per heavy atom. The second-order valence-corrected chi connectivity index (χ2v) is 4.98. The van der Waals surface area contributed by atoms with Crippen molar-refractivity contribution >= 4 is 11.9 Å². The highest BCUT2D eigenvalue weighted by atomic mass is 16.4. The first-order valence-corrected chi connectivity index (χ1v) is 6.59. The highest BCUT2D eigenvalue weighted by Gasteiger charge is 2.22. The minimum absolute atomic E-state index is 0.140. The van der Waals surface area contributed by atoms with Crippen LogP contribution in [0.5, 0.6) is 0 Å². The fourth-order valence-corrected chi connectivity index (χ4v) is 2.53. The SMILES string of the molecule is O=C(O)C1=CCCN(CC(=O)N2CCCCC2)C1. The average molecular weight is 252 g/mol. The van der Waals surface area contributed by atoms with Crippen molar-refractivity contribution in [3.05, 3.63) is 11.6 Å². The highest BCUT2D eigenvalue weighted by molar-refractivity contribution is 5.87. The van der Waals surface area contributed by atoms with Crippen LogP contribution in [-0.4, -0.2) is 59.5 Å². The molecule has 0 atom stereocenters. The number of likely N-dealkylation sites (tertiary alicyclic amines) is 1. The molecule has 0 aliphatic carbocycles. The van der Waals surface area contributed by atoms with E-state index in [2.05, 4.69) is 0 Å². The lowest BCUT2D eigenvalue weighted by atomic mass is 10.1. The number of carboxylic acids is 1. The zero-order chi connectivity index (χ0) is 13.0. The summed E-state index contributed by atoms with van der Waals surface area (Å²) in [5.41, 5.74) is 0.410. The van der Waals surface area contributed by atoms with Crippen molar-refractivity contribution < 1.29 is 14.7 Å². The van der Waals surface area contributed by atoms with Gasteiger partial charge in [-0.1, -0.05) is 6.08 Å². The lowest BCUT2D eigenvalue weighted by Gasteiger charge is -2.31. The lowest BCUT2D eigenvalue weighted by Crippen LogP contribution is -2.44. The number of carbonyl (C=O) groups is 2. The molecular weight excluding hydrogens is 232 g/mol. The Bertz CT molecular complexity index is 359. The summed E-state index contributed by atoms with van der Waals surface area (Å²) in [4.78, 5) is 26.8. The second-order valence-electron chi connectivity index (χ2n) is 4.98. The van der Waals surface area contributed by atoms with Crippen LogP contribution in [0.1, 0.15) is 25.7 Å². The van der Waals surface area contributed by atoms with Gasteiger partial charge in [0.25, 0.3) is 0 Å². The third kappa shape index (κ3) is 3.32. The van der Waals surface area contributed by atoms with Crippen molar-refractivity contribution in [2.45, 2.75) is 25.7 Å². The van der Waals surface area contributed by atoms with Crippen LogP contribution in [0.4, 0.5) is 0 Å². The minimum Gasteiger partial charge on any atom is -0.478 e. The van der Waals surface area contributed by atoms with Crippen LogP contribution in [0.15, 0.2) is 11.6 Å². The predicted molar refractivity (Wildman–Crippen MR) is 67.2 cm³/mol. The van der Waals surface area contributed by atoms with E-state index in [-0.39, 0.29) is 5.91 Å². The van der Waals surface area contributed by atoms with E-state index < -0.39 is 5.97 Å². The smallest absolute Gasteiger partial charge is 0.332 e. The first-order chi connectivity index (χ1) is 8.66. The normalized spacial score (nSPS) is 21.6. The molecule has 2 heterocycles. The van der Waals surface area contributed by atoms with Crippen molar-refractivity contribution in [1.82, 2.24) is 9.80 Å². The Hall–Kier alpha value is -1.36. The number of hydrogen-bond donors (Lipinski definition) is 1. The van der Waals surface area contributed by atoms with Gasteiger partial charge in [0.05, 0.1) is 6.54 Å². The largest absolute Gasteiger partial charge is 0.478 e. The third-order valence-corrected chi connectivity index (χ3v) is 3.57. The number of carbonyl (C=O) groups excluding carboxylic acids is 1. The van der Waals surface area contributed by atoms with Crippen LogP contribution in [0.2, 0.25) is 0 Å². The molecule has 2 aliphatic rings. The van der Waals surface area contributed by atoms with Crippen LogP contribution in [0.25, 0.3) is 0 Å². The minimum atomic E-state index is -0.870. The molecule has 18 heavy (non-hydrogen) atoms. The molecule has 2 aliphatic heterocycles. The predicted octanol–water partition coefficient (Wildman–Crippen LogP) is 0.716. The Morgan fingerprint density at radius 2 is 1.89 bits per heavy atom. The van der Waals surface area contributed by atoms with E-state index in [1.54, 1.807) is 6.08 Å². The molecule has 0 bridgehead atoms. The molecule has 1 saturated heterocycles. The zero-order valence-corrected chi connectivity index (χ0v) is 10.6. The van der Waals surface area contributed by atoms with Gasteiger partial charge in [-0.3, -0.25) is 9.69 Å². The maximum atomic E-state index is 12.1. The summed E-state index contributed by atoms with van der Waals surface area (Å²) in [5, 5.41) is 8.95. The molecule has 0 unspecified atom stereocenters. The van der Waals surface area contributed by atoms with Gasteiger partial charge in [0, 0.05) is 31.8 Å². The van der Waals surface area contributed by atoms with Crippen molar-refractivity contribution in [3.8, 4) is 0 Å². The molecule has 5 heteroatoms. The highest BCUT2D eigenvalue weighted by Crippen LogP contribution is 2.12. The maximum Gasteiger partial charge on any atom is 0.332 e. The number of piperidine rings is 1. The number of aliphatic carboxylic acids is 1. The zero-order valence-electron chi connectivity index (χ0n) is 10.6. The van der Waals surface area contributed by atoms with Crippen molar-refractivity contribution in [2.24, 2.45) is 0 Å². The molecule has 0 radical (unpaired) electrons. The fraction of sp³-hybridized carbons (Fsp3) is 0.692. The number of nitrogens with zero attached hydrogens (tertiary/aromatic N) is 2. The first kappa shape index (κ1) is 13.1. The maximum absolute atomic E-state index is 12.1. The van der Waals surface area contributed by atoms with Gasteiger partial charge in [0.15, 0.2) is 0 Å². The molecular formula is C13H20N2O3. The van der Waals surface area contributed by atoms with E-state index in [0.717, 1.165) is 38.9 Å². The van der Waals surface area contributed by atoms with Gasteiger partial charge >= 0.3 is 5.97 Å². The molecule has 1 amide bonds. The third-order valence-electron chi connectivity index (χ3n) is 3.57. The lowest BCUT2D eigenvalue weighted by molar-refractivity contribution is -0.135. The van der Waals surface area contributed by atoms with E-state index in [0.29, 0.717) is 18.7 Å². The quantitative estimate of drug-likeness (QED) is 0.804. The molecule has 0 aromatic carbocycles. The second kappa shape index (κ2) is 6.00. The fourth-order valence-electron chi connectivity index (χ4n) is 2.53. The van der Waals surface area contributed by atoms with Gasteiger partial charge < -0.3 is 10.0 Å². The number of amides is 1. The van der Waals surface area contributed by atoms with Gasteiger partial charge in [-0.25, -0.2) is 4.79 Å². The molecule has 1 N–H and O–H groups in total. The van der Waals surface area contributed by atoms with Crippen LogP contribution < -0.4 is 0 Å². The summed E-state index contributed by atoms with van der Waals surface area (Å²) in [6.45, 7) is 3.22. The summed E-state index contributed by atoms with van der Waals surface area (Å²) < 4.78 is 0. The van der Waals surface area contributed by atoms with Crippen LogP contribution in [0.3, 0.4) is 0 Å². The van der Waals surface area contributed by atoms with Gasteiger partial charge in [0.1, 0.15) is 0 Å². The number of rotatable bonds is 3. The van der Waals surface area contributed by atoms with Crippen molar-refractivity contribution in [3.63, 3.8) is 0 Å². The topological polar surface area (TPSA) is 60.9 Å². The molecule has 100 valence electrons. The Morgan fingerprint density at radius 3 is 2.56 bits per heavy atom. The molecule has 2 rings (SSSR count).